The third-order valence-electron chi connectivity index (χ3n) is 9.79. The Balaban J connectivity index is 1.85. The average molecular weight is 586 g/mol. The van der Waals surface area contributed by atoms with E-state index in [9.17, 15) is 19.5 Å². The van der Waals surface area contributed by atoms with Crippen LogP contribution in [0.15, 0.2) is 18.2 Å². The molecule has 1 fully saturated rings. The summed E-state index contributed by atoms with van der Waals surface area (Å²) in [6.07, 6.45) is 13.0. The number of hydrogen-bond acceptors (Lipinski definition) is 6. The van der Waals surface area contributed by atoms with E-state index in [1.54, 1.807) is 6.92 Å². The number of aliphatic carboxylic acids is 1. The molecule has 0 spiro atoms. The first kappa shape index (κ1) is 34.1. The number of carboxylic acid groups (broad SMARTS) is 1. The molecule has 7 nitrogen and oxygen atoms in total. The second kappa shape index (κ2) is 17.6. The molecule has 236 valence electrons. The first-order chi connectivity index (χ1) is 20.3. The Morgan fingerprint density at radius 3 is 2.40 bits per heavy atom. The zero-order valence-electron chi connectivity index (χ0n) is 26.3. The van der Waals surface area contributed by atoms with Gasteiger partial charge in [0.2, 0.25) is 6.79 Å². The molecule has 1 saturated carbocycles. The number of hydrogen-bond donors (Lipinski definition) is 2. The fourth-order valence-electron chi connectivity index (χ4n) is 7.35. The molecule has 2 aliphatic rings. The van der Waals surface area contributed by atoms with Gasteiger partial charge >= 0.3 is 5.97 Å². The Hall–Kier alpha value is -2.41. The summed E-state index contributed by atoms with van der Waals surface area (Å²) in [5.74, 6) is 0.816. The van der Waals surface area contributed by atoms with E-state index >= 15 is 0 Å². The fraction of sp³-hybridized carbons (Fsp3) is 0.743. The lowest BCUT2D eigenvalue weighted by Gasteiger charge is -2.30. The van der Waals surface area contributed by atoms with Crippen molar-refractivity contribution in [1.29, 1.82) is 0 Å². The van der Waals surface area contributed by atoms with Crippen LogP contribution in [0.2, 0.25) is 0 Å². The largest absolute Gasteiger partial charge is 0.481 e. The van der Waals surface area contributed by atoms with Crippen LogP contribution in [0, 0.1) is 29.6 Å². The SMILES string of the molecule is CCCCCC(CCCCN)C(=O)CC1CC[C@@H](CCC(CC)CC(C)=O)[C@H](C(=O)O)[C@@H](c2ccc3c(c2)OCO3)C1. The van der Waals surface area contributed by atoms with Gasteiger partial charge in [0.1, 0.15) is 11.6 Å². The quantitative estimate of drug-likeness (QED) is 0.126. The van der Waals surface area contributed by atoms with E-state index in [0.29, 0.717) is 43.1 Å². The van der Waals surface area contributed by atoms with Crippen LogP contribution in [0.5, 0.6) is 11.5 Å². The van der Waals surface area contributed by atoms with Crippen LogP contribution in [0.25, 0.3) is 0 Å². The topological polar surface area (TPSA) is 116 Å². The van der Waals surface area contributed by atoms with E-state index in [0.717, 1.165) is 82.6 Å². The molecule has 1 heterocycles. The van der Waals surface area contributed by atoms with Crippen molar-refractivity contribution in [2.75, 3.05) is 13.3 Å². The van der Waals surface area contributed by atoms with Crippen molar-refractivity contribution in [3.8, 4) is 11.5 Å². The van der Waals surface area contributed by atoms with Gasteiger partial charge in [0.15, 0.2) is 11.5 Å². The van der Waals surface area contributed by atoms with Gasteiger partial charge in [-0.2, -0.15) is 0 Å². The third-order valence-corrected chi connectivity index (χ3v) is 9.79. The summed E-state index contributed by atoms with van der Waals surface area (Å²) >= 11 is 0. The first-order valence-corrected chi connectivity index (χ1v) is 16.6. The number of ketones is 2. The molecular weight excluding hydrogens is 530 g/mol. The second-order valence-electron chi connectivity index (χ2n) is 12.9. The van der Waals surface area contributed by atoms with Crippen molar-refractivity contribution >= 4 is 17.5 Å². The van der Waals surface area contributed by atoms with Crippen molar-refractivity contribution in [3.63, 3.8) is 0 Å². The summed E-state index contributed by atoms with van der Waals surface area (Å²) in [4.78, 5) is 38.6. The minimum Gasteiger partial charge on any atom is -0.481 e. The minimum atomic E-state index is -0.770. The van der Waals surface area contributed by atoms with E-state index in [1.807, 2.05) is 18.2 Å². The van der Waals surface area contributed by atoms with E-state index in [4.69, 9.17) is 15.2 Å². The summed E-state index contributed by atoms with van der Waals surface area (Å²) < 4.78 is 11.2. The smallest absolute Gasteiger partial charge is 0.307 e. The van der Waals surface area contributed by atoms with Crippen LogP contribution in [-0.4, -0.2) is 36.0 Å². The van der Waals surface area contributed by atoms with Gasteiger partial charge in [0, 0.05) is 18.8 Å². The standard InChI is InChI=1S/C35H55NO6/c1-4-6-7-10-27(11-8-9-18-36)31(38)21-26-13-15-28(14-12-25(5-2)19-24(3)37)34(35(39)40)30(20-26)29-16-17-32-33(22-29)42-23-41-32/h16-17,22,25-28,30,34H,4-15,18-21,23,36H2,1-3H3,(H,39,40)/t25?,26?,27?,28-,30-,34+/m1/s1. The molecule has 0 amide bonds. The molecule has 3 unspecified atom stereocenters. The highest BCUT2D eigenvalue weighted by Crippen LogP contribution is 2.47. The summed E-state index contributed by atoms with van der Waals surface area (Å²) in [6, 6.07) is 5.83. The van der Waals surface area contributed by atoms with Crippen LogP contribution >= 0.6 is 0 Å². The number of carbonyl (C=O) groups excluding carboxylic acids is 2. The molecular formula is C35H55NO6. The summed E-state index contributed by atoms with van der Waals surface area (Å²) in [7, 11) is 0. The summed E-state index contributed by atoms with van der Waals surface area (Å²) in [5.41, 5.74) is 6.70. The van der Waals surface area contributed by atoms with Gasteiger partial charge in [-0.15, -0.1) is 0 Å². The summed E-state index contributed by atoms with van der Waals surface area (Å²) in [6.45, 7) is 6.75. The van der Waals surface area contributed by atoms with Crippen molar-refractivity contribution < 1.29 is 29.0 Å². The average Bonchev–Trinajstić information content (AvgIpc) is 3.35. The third kappa shape index (κ3) is 10.1. The number of rotatable bonds is 19. The van der Waals surface area contributed by atoms with Crippen LogP contribution < -0.4 is 15.2 Å². The predicted octanol–water partition coefficient (Wildman–Crippen LogP) is 7.69. The number of ether oxygens (including phenoxy) is 2. The normalized spacial score (nSPS) is 23.2. The Kier molecular flexibility index (Phi) is 14.3. The van der Waals surface area contributed by atoms with Gasteiger partial charge in [-0.3, -0.25) is 9.59 Å². The molecule has 7 heteroatoms. The number of unbranched alkanes of at least 4 members (excludes halogenated alkanes) is 3. The molecule has 1 aromatic rings. The molecule has 0 radical (unpaired) electrons. The zero-order valence-corrected chi connectivity index (χ0v) is 26.3. The van der Waals surface area contributed by atoms with Crippen molar-refractivity contribution in [2.45, 2.75) is 123 Å². The Labute approximate surface area is 253 Å². The highest BCUT2D eigenvalue weighted by molar-refractivity contribution is 5.81. The molecule has 1 aromatic carbocycles. The zero-order chi connectivity index (χ0) is 30.5. The molecule has 42 heavy (non-hydrogen) atoms. The molecule has 1 aliphatic heterocycles. The Morgan fingerprint density at radius 2 is 1.74 bits per heavy atom. The van der Waals surface area contributed by atoms with Gasteiger partial charge in [-0.1, -0.05) is 52.0 Å². The molecule has 6 atom stereocenters. The monoisotopic (exact) mass is 585 g/mol. The molecule has 3 rings (SSSR count). The Bertz CT molecular complexity index is 999. The first-order valence-electron chi connectivity index (χ1n) is 16.6. The number of benzene rings is 1. The Morgan fingerprint density at radius 1 is 1.00 bits per heavy atom. The second-order valence-corrected chi connectivity index (χ2v) is 12.9. The lowest BCUT2D eigenvalue weighted by atomic mass is 9.73. The number of Topliss-reactive ketones (excluding diaryl/α,β-unsaturated/α-hetero) is 2. The van der Waals surface area contributed by atoms with Crippen molar-refractivity contribution in [3.05, 3.63) is 23.8 Å². The highest BCUT2D eigenvalue weighted by atomic mass is 16.7. The minimum absolute atomic E-state index is 0.0102. The molecule has 1 aliphatic carbocycles. The van der Waals surface area contributed by atoms with Gasteiger partial charge in [-0.25, -0.2) is 0 Å². The number of carbonyl (C=O) groups is 3. The van der Waals surface area contributed by atoms with Gasteiger partial charge in [0.05, 0.1) is 5.92 Å². The molecule has 0 aromatic heterocycles. The number of carboxylic acids is 1. The summed E-state index contributed by atoms with van der Waals surface area (Å²) in [5, 5.41) is 10.6. The van der Waals surface area contributed by atoms with Gasteiger partial charge < -0.3 is 25.1 Å². The van der Waals surface area contributed by atoms with Crippen LogP contribution in [-0.2, 0) is 14.4 Å². The highest BCUT2D eigenvalue weighted by Gasteiger charge is 2.41. The fourth-order valence-corrected chi connectivity index (χ4v) is 7.35. The molecule has 0 bridgehead atoms. The van der Waals surface area contributed by atoms with Crippen molar-refractivity contribution in [2.24, 2.45) is 35.3 Å². The lowest BCUT2D eigenvalue weighted by molar-refractivity contribution is -0.145. The van der Waals surface area contributed by atoms with Gasteiger partial charge in [0.25, 0.3) is 0 Å². The number of fused-ring (bicyclic) bond motifs is 1. The lowest BCUT2D eigenvalue weighted by Crippen LogP contribution is -2.29. The van der Waals surface area contributed by atoms with E-state index in [2.05, 4.69) is 13.8 Å². The predicted molar refractivity (Wildman–Crippen MR) is 166 cm³/mol. The maximum Gasteiger partial charge on any atom is 0.307 e. The maximum absolute atomic E-state index is 13.7. The molecule has 3 N–H and O–H groups in total. The van der Waals surface area contributed by atoms with E-state index < -0.39 is 11.9 Å². The van der Waals surface area contributed by atoms with Gasteiger partial charge in [-0.05, 0) is 106 Å². The van der Waals surface area contributed by atoms with E-state index in [1.165, 1.54) is 0 Å². The van der Waals surface area contributed by atoms with Crippen LogP contribution in [0.1, 0.15) is 129 Å². The van der Waals surface area contributed by atoms with Crippen LogP contribution in [0.4, 0.5) is 0 Å². The maximum atomic E-state index is 13.7. The van der Waals surface area contributed by atoms with E-state index in [-0.39, 0.29) is 42.2 Å². The molecule has 0 saturated heterocycles. The van der Waals surface area contributed by atoms with Crippen molar-refractivity contribution in [1.82, 2.24) is 0 Å². The number of nitrogens with two attached hydrogens (primary N) is 1. The van der Waals surface area contributed by atoms with Crippen LogP contribution in [0.3, 0.4) is 0 Å².